The fraction of sp³-hybridized carbons (Fsp3) is 1.00. The van der Waals surface area contributed by atoms with Gasteiger partial charge in [-0.25, -0.2) is 4.62 Å². The van der Waals surface area contributed by atoms with Crippen molar-refractivity contribution < 1.29 is 9.19 Å². The van der Waals surface area contributed by atoms with Crippen molar-refractivity contribution >= 4 is 28.6 Å². The topological polar surface area (TPSA) is 38.3 Å². The van der Waals surface area contributed by atoms with Gasteiger partial charge in [0, 0.05) is 6.54 Å². The molecule has 0 saturated carbocycles. The van der Waals surface area contributed by atoms with E-state index in [-0.39, 0.29) is 0 Å². The van der Waals surface area contributed by atoms with Gasteiger partial charge < -0.3 is 0 Å². The standard InChI is InChI=1S/C4H10Cl2NO2P/c1-2-3-4-7-9-10(5,6)8/h7H,2-4H2,1H3. The monoisotopic (exact) mass is 205 g/mol. The summed E-state index contributed by atoms with van der Waals surface area (Å²) in [5.41, 5.74) is 2.40. The van der Waals surface area contributed by atoms with Crippen molar-refractivity contribution in [1.29, 1.82) is 0 Å². The molecule has 0 saturated heterocycles. The first-order valence-corrected chi connectivity index (χ1v) is 6.40. The van der Waals surface area contributed by atoms with Gasteiger partial charge in [-0.3, -0.25) is 4.57 Å². The normalized spacial score (nSPS) is 11.9. The summed E-state index contributed by atoms with van der Waals surface area (Å²) in [7, 11) is 0. The smallest absolute Gasteiger partial charge is 0.255 e. The molecule has 0 heterocycles. The Hall–Kier alpha value is 0.730. The lowest BCUT2D eigenvalue weighted by Crippen LogP contribution is -2.11. The fourth-order valence-electron chi connectivity index (χ4n) is 0.370. The molecule has 0 aromatic heterocycles. The molecule has 0 atom stereocenters. The summed E-state index contributed by atoms with van der Waals surface area (Å²) >= 11 is 10.1. The number of hydrogen-bond donors (Lipinski definition) is 1. The number of hydrogen-bond acceptors (Lipinski definition) is 3. The zero-order chi connectivity index (χ0) is 8.04. The van der Waals surface area contributed by atoms with Crippen molar-refractivity contribution in [3.8, 4) is 0 Å². The maximum atomic E-state index is 10.4. The van der Waals surface area contributed by atoms with Crippen LogP contribution < -0.4 is 5.48 Å². The van der Waals surface area contributed by atoms with Gasteiger partial charge in [-0.2, -0.15) is 5.48 Å². The largest absolute Gasteiger partial charge is 0.396 e. The van der Waals surface area contributed by atoms with Crippen molar-refractivity contribution in [2.45, 2.75) is 19.8 Å². The Morgan fingerprint density at radius 2 is 2.20 bits per heavy atom. The molecular weight excluding hydrogens is 196 g/mol. The van der Waals surface area contributed by atoms with Gasteiger partial charge in [0.15, 0.2) is 0 Å². The third kappa shape index (κ3) is 8.73. The molecule has 0 amide bonds. The van der Waals surface area contributed by atoms with Crippen molar-refractivity contribution in [2.24, 2.45) is 0 Å². The molecule has 0 aliphatic rings. The Balaban J connectivity index is 3.13. The van der Waals surface area contributed by atoms with E-state index in [0.717, 1.165) is 12.8 Å². The highest BCUT2D eigenvalue weighted by Crippen LogP contribution is 2.56. The van der Waals surface area contributed by atoms with E-state index in [1.54, 1.807) is 0 Å². The number of hydroxylamine groups is 1. The molecule has 0 aromatic rings. The average molecular weight is 206 g/mol. The molecule has 0 radical (unpaired) electrons. The summed E-state index contributed by atoms with van der Waals surface area (Å²) in [4.78, 5) is 0. The molecule has 6 heteroatoms. The minimum atomic E-state index is -3.37. The first-order valence-electron chi connectivity index (χ1n) is 2.97. The average Bonchev–Trinajstić information content (AvgIpc) is 1.78. The van der Waals surface area contributed by atoms with Crippen molar-refractivity contribution in [3.63, 3.8) is 0 Å². The van der Waals surface area contributed by atoms with Crippen molar-refractivity contribution in [3.05, 3.63) is 0 Å². The van der Waals surface area contributed by atoms with E-state index in [1.165, 1.54) is 0 Å². The Kier molecular flexibility index (Phi) is 5.78. The van der Waals surface area contributed by atoms with E-state index in [1.807, 2.05) is 6.92 Å². The highest BCUT2D eigenvalue weighted by atomic mass is 35.9. The van der Waals surface area contributed by atoms with Crippen LogP contribution in [-0.4, -0.2) is 6.54 Å². The molecule has 3 nitrogen and oxygen atoms in total. The molecule has 0 fully saturated rings. The third-order valence-corrected chi connectivity index (χ3v) is 1.56. The number of nitrogens with one attached hydrogen (secondary N) is 1. The Morgan fingerprint density at radius 1 is 1.60 bits per heavy atom. The van der Waals surface area contributed by atoms with Crippen molar-refractivity contribution in [1.82, 2.24) is 5.48 Å². The van der Waals surface area contributed by atoms with Crippen molar-refractivity contribution in [2.75, 3.05) is 6.54 Å². The predicted octanol–water partition coefficient (Wildman–Crippen LogP) is 2.89. The zero-order valence-electron chi connectivity index (χ0n) is 5.64. The summed E-state index contributed by atoms with van der Waals surface area (Å²) in [5.74, 6) is 0. The van der Waals surface area contributed by atoms with Crippen LogP contribution in [0.2, 0.25) is 0 Å². The summed E-state index contributed by atoms with van der Waals surface area (Å²) in [6.07, 6.45) is -1.40. The van der Waals surface area contributed by atoms with Crippen LogP contribution in [0.1, 0.15) is 19.8 Å². The molecule has 0 aliphatic carbocycles. The fourth-order valence-corrected chi connectivity index (χ4v) is 0.904. The van der Waals surface area contributed by atoms with Gasteiger partial charge in [0.2, 0.25) is 0 Å². The highest BCUT2D eigenvalue weighted by Gasteiger charge is 2.13. The third-order valence-electron chi connectivity index (χ3n) is 0.803. The van der Waals surface area contributed by atoms with Gasteiger partial charge in [-0.1, -0.05) is 13.3 Å². The lowest BCUT2D eigenvalue weighted by atomic mass is 10.3. The lowest BCUT2D eigenvalue weighted by molar-refractivity contribution is 0.211. The van der Waals surface area contributed by atoms with E-state index >= 15 is 0 Å². The van der Waals surface area contributed by atoms with Gasteiger partial charge in [-0.15, -0.1) is 0 Å². The Morgan fingerprint density at radius 3 is 2.60 bits per heavy atom. The van der Waals surface area contributed by atoms with Crippen LogP contribution >= 0.6 is 28.6 Å². The molecule has 0 rings (SSSR count). The first-order chi connectivity index (χ1) is 4.56. The van der Waals surface area contributed by atoms with E-state index in [2.05, 4.69) is 10.1 Å². The van der Waals surface area contributed by atoms with E-state index in [4.69, 9.17) is 22.5 Å². The summed E-state index contributed by atoms with van der Waals surface area (Å²) in [6, 6.07) is 0. The first kappa shape index (κ1) is 10.7. The van der Waals surface area contributed by atoms with Crippen LogP contribution in [-0.2, 0) is 9.19 Å². The predicted molar refractivity (Wildman–Crippen MR) is 43.3 cm³/mol. The Bertz CT molecular complexity index is 126. The number of unbranched alkanes of at least 4 members (excludes halogenated alkanes) is 1. The van der Waals surface area contributed by atoms with E-state index < -0.39 is 6.07 Å². The van der Waals surface area contributed by atoms with Gasteiger partial charge in [0.25, 0.3) is 0 Å². The SMILES string of the molecule is CCCCNOP(=O)(Cl)Cl. The second kappa shape index (κ2) is 5.39. The second-order valence-corrected chi connectivity index (χ2v) is 5.95. The molecule has 0 aromatic carbocycles. The number of rotatable bonds is 5. The maximum absolute atomic E-state index is 10.4. The maximum Gasteiger partial charge on any atom is 0.396 e. The lowest BCUT2D eigenvalue weighted by Gasteiger charge is -2.03. The van der Waals surface area contributed by atoms with E-state index in [9.17, 15) is 4.57 Å². The molecule has 0 spiro atoms. The van der Waals surface area contributed by atoms with Crippen LogP contribution in [0, 0.1) is 0 Å². The van der Waals surface area contributed by atoms with Crippen LogP contribution in [0.15, 0.2) is 0 Å². The molecular formula is C4H10Cl2NO2P. The van der Waals surface area contributed by atoms with Crippen LogP contribution in [0.25, 0.3) is 0 Å². The summed E-state index contributed by atoms with van der Waals surface area (Å²) in [5, 5.41) is 0. The molecule has 0 aliphatic heterocycles. The van der Waals surface area contributed by atoms with Crippen LogP contribution in [0.3, 0.4) is 0 Å². The van der Waals surface area contributed by atoms with E-state index in [0.29, 0.717) is 6.54 Å². The van der Waals surface area contributed by atoms with Crippen LogP contribution in [0.4, 0.5) is 0 Å². The van der Waals surface area contributed by atoms with Gasteiger partial charge in [0.05, 0.1) is 0 Å². The van der Waals surface area contributed by atoms with Crippen LogP contribution in [0.5, 0.6) is 0 Å². The molecule has 1 N–H and O–H groups in total. The molecule has 0 bridgehead atoms. The minimum Gasteiger partial charge on any atom is -0.255 e. The number of halogens is 2. The summed E-state index contributed by atoms with van der Waals surface area (Å²) < 4.78 is 14.8. The van der Waals surface area contributed by atoms with Gasteiger partial charge in [-0.05, 0) is 28.9 Å². The molecule has 10 heavy (non-hydrogen) atoms. The second-order valence-electron chi connectivity index (χ2n) is 1.75. The quantitative estimate of drug-likeness (QED) is 0.427. The molecule has 62 valence electrons. The zero-order valence-corrected chi connectivity index (χ0v) is 8.05. The molecule has 0 unspecified atom stereocenters. The van der Waals surface area contributed by atoms with Gasteiger partial charge in [0.1, 0.15) is 0 Å². The van der Waals surface area contributed by atoms with Gasteiger partial charge >= 0.3 is 6.07 Å². The Labute approximate surface area is 70.0 Å². The summed E-state index contributed by atoms with van der Waals surface area (Å²) in [6.45, 7) is 2.64. The highest BCUT2D eigenvalue weighted by molar-refractivity contribution is 8.05. The minimum absolute atomic E-state index is 0.611.